The molecule has 0 aliphatic carbocycles. The molecule has 54 heavy (non-hydrogen) atoms. The van der Waals surface area contributed by atoms with Gasteiger partial charge in [-0.3, -0.25) is 14.4 Å². The first-order valence-electron chi connectivity index (χ1n) is 17.1. The van der Waals surface area contributed by atoms with Crippen LogP contribution < -0.4 is 4.99 Å². The van der Waals surface area contributed by atoms with Crippen LogP contribution >= 0.6 is 23.2 Å². The highest BCUT2D eigenvalue weighted by Crippen LogP contribution is 2.34. The summed E-state index contributed by atoms with van der Waals surface area (Å²) in [6.45, 7) is 9.27. The Labute approximate surface area is 323 Å². The lowest BCUT2D eigenvalue weighted by Gasteiger charge is -2.15. The number of aliphatic hydroxyl groups excluding tert-OH is 1. The van der Waals surface area contributed by atoms with Crippen LogP contribution in [-0.4, -0.2) is 56.3 Å². The number of nitrogens with zero attached hydrogens (tertiary/aromatic N) is 1. The van der Waals surface area contributed by atoms with Crippen LogP contribution in [0.5, 0.6) is 5.75 Å². The number of carboxylic acid groups (broad SMARTS) is 1. The van der Waals surface area contributed by atoms with E-state index in [0.717, 1.165) is 27.9 Å². The molecule has 6 rings (SSSR count). The lowest BCUT2D eigenvalue weighted by Crippen LogP contribution is -2.65. The number of hydrogen-bond donors (Lipinski definition) is 4. The Bertz CT molecular complexity index is 2210. The highest BCUT2D eigenvalue weighted by Gasteiger charge is 2.34. The number of aromatic hydroxyl groups is 1. The average molecular weight is 773 g/mol. The molecule has 4 N–H and O–H groups in total. The second kappa shape index (κ2) is 18.4. The summed E-state index contributed by atoms with van der Waals surface area (Å²) < 4.78 is 4.59. The Kier molecular flexibility index (Phi) is 14.1. The third-order valence-electron chi connectivity index (χ3n) is 8.39. The molecule has 280 valence electrons. The fraction of sp³-hybridized carbons (Fsp3) is 0.238. The fourth-order valence-electron chi connectivity index (χ4n) is 5.69. The number of aliphatic hydroxyl groups is 1. The molecule has 0 fully saturated rings. The number of pyridine rings is 1. The number of hydrogen-bond acceptors (Lipinski definition) is 7. The molecule has 0 saturated carbocycles. The minimum atomic E-state index is -1.16. The van der Waals surface area contributed by atoms with Crippen molar-refractivity contribution in [2.24, 2.45) is 0 Å². The number of aromatic nitrogens is 1. The van der Waals surface area contributed by atoms with E-state index >= 15 is 0 Å². The Morgan fingerprint density at radius 2 is 1.35 bits per heavy atom. The van der Waals surface area contributed by atoms with Crippen LogP contribution in [0.2, 0.25) is 10.0 Å². The van der Waals surface area contributed by atoms with Crippen LogP contribution in [0, 0.1) is 0 Å². The predicted octanol–water partition coefficient (Wildman–Crippen LogP) is 7.70. The number of fused-ring (bicyclic) bond motifs is 2. The van der Waals surface area contributed by atoms with Gasteiger partial charge >= 0.3 is 23.6 Å². The van der Waals surface area contributed by atoms with E-state index in [1.807, 2.05) is 44.2 Å². The van der Waals surface area contributed by atoms with Crippen molar-refractivity contribution in [2.45, 2.75) is 59.3 Å². The normalized spacial score (nSPS) is 11.6. The van der Waals surface area contributed by atoms with Crippen LogP contribution in [-0.2, 0) is 27.2 Å². The quantitative estimate of drug-likeness (QED) is 0.110. The van der Waals surface area contributed by atoms with Crippen LogP contribution in [0.1, 0.15) is 95.1 Å². The van der Waals surface area contributed by atoms with Crippen molar-refractivity contribution in [1.82, 2.24) is 4.98 Å². The van der Waals surface area contributed by atoms with Gasteiger partial charge in [0.2, 0.25) is 5.69 Å². The van der Waals surface area contributed by atoms with Crippen molar-refractivity contribution >= 4 is 69.2 Å². The SMILES string of the molecule is CC(=O)OCC(=O)Cc1ccc(Cl)cc1.CC(C)c1cccc2c(C(=O)O)c(O)c(Cc3ccc(Cl)cc3)nc12.CC(C)c1cccc2c1[NH+]=C(O)C2=O. The van der Waals surface area contributed by atoms with Gasteiger partial charge in [-0.15, -0.1) is 0 Å². The summed E-state index contributed by atoms with van der Waals surface area (Å²) in [7, 11) is 0. The summed E-state index contributed by atoms with van der Waals surface area (Å²) in [6, 6.07) is 25.1. The third kappa shape index (κ3) is 10.5. The summed E-state index contributed by atoms with van der Waals surface area (Å²) in [5.41, 5.74) is 5.95. The number of carbonyl (C=O) groups is 4. The van der Waals surface area contributed by atoms with Gasteiger partial charge in [-0.05, 0) is 58.9 Å². The van der Waals surface area contributed by atoms with Gasteiger partial charge in [-0.25, -0.2) is 9.78 Å². The summed E-state index contributed by atoms with van der Waals surface area (Å²) in [4.78, 5) is 52.3. The topological polar surface area (TPSA) is 165 Å². The van der Waals surface area contributed by atoms with E-state index in [2.05, 4.69) is 28.6 Å². The van der Waals surface area contributed by atoms with E-state index in [-0.39, 0.29) is 47.7 Å². The molecule has 1 aliphatic heterocycles. The number of rotatable bonds is 9. The smallest absolute Gasteiger partial charge is 0.414 e. The van der Waals surface area contributed by atoms with Gasteiger partial charge in [-0.2, -0.15) is 4.99 Å². The van der Waals surface area contributed by atoms with E-state index in [9.17, 15) is 34.5 Å². The summed E-state index contributed by atoms with van der Waals surface area (Å²) in [6.07, 6.45) is 0.579. The van der Waals surface area contributed by atoms with Gasteiger partial charge < -0.3 is 20.1 Å². The minimum Gasteiger partial charge on any atom is -0.505 e. The molecular weight excluding hydrogens is 731 g/mol. The summed E-state index contributed by atoms with van der Waals surface area (Å²) in [5.74, 6) is -2.09. The van der Waals surface area contributed by atoms with Gasteiger partial charge in [0.1, 0.15) is 17.7 Å². The number of ketones is 2. The Morgan fingerprint density at radius 3 is 1.91 bits per heavy atom. The first-order valence-corrected chi connectivity index (χ1v) is 17.8. The predicted molar refractivity (Wildman–Crippen MR) is 209 cm³/mol. The molecule has 0 bridgehead atoms. The standard InChI is InChI=1S/C20H18ClNO3.C11H11ClO3.C11H11NO2/c1-11(2)14-4-3-5-15-17(20(24)25)19(23)16(22-18(14)15)10-12-6-8-13(21)9-7-12;1-8(13)15-7-11(14)6-9-2-4-10(12)5-3-9;1-6(2)7-4-3-5-8-9(7)12-11(14)10(8)13/h3-9,11,23H,10H2,1-2H3,(H,24,25);2-5H,6-7H2,1H3;3-6H,1-2H3,(H,12,13,14)/p+1. The number of halogens is 2. The molecule has 12 heteroatoms. The van der Waals surface area contributed by atoms with Gasteiger partial charge in [0.25, 0.3) is 0 Å². The van der Waals surface area contributed by atoms with Crippen LogP contribution in [0.4, 0.5) is 5.69 Å². The molecule has 0 unspecified atom stereocenters. The van der Waals surface area contributed by atoms with Crippen LogP contribution in [0.3, 0.4) is 0 Å². The third-order valence-corrected chi connectivity index (χ3v) is 8.89. The molecule has 0 radical (unpaired) electrons. The average Bonchev–Trinajstić information content (AvgIpc) is 3.42. The number of ether oxygens (including phenoxy) is 1. The van der Waals surface area contributed by atoms with Crippen molar-refractivity contribution in [3.05, 3.63) is 134 Å². The maximum absolute atomic E-state index is 11.8. The molecule has 1 aliphatic rings. The second-order valence-electron chi connectivity index (χ2n) is 13.1. The zero-order chi connectivity index (χ0) is 39.7. The Morgan fingerprint density at radius 1 is 0.796 bits per heavy atom. The highest BCUT2D eigenvalue weighted by atomic mass is 35.5. The number of para-hydroxylation sites is 2. The number of aromatic carboxylic acids is 1. The van der Waals surface area contributed by atoms with Gasteiger partial charge in [0.15, 0.2) is 11.5 Å². The molecule has 0 atom stereocenters. The molecule has 10 nitrogen and oxygen atoms in total. The number of carboxylic acids is 1. The minimum absolute atomic E-state index is 0.100. The van der Waals surface area contributed by atoms with Crippen molar-refractivity contribution in [1.29, 1.82) is 0 Å². The zero-order valence-electron chi connectivity index (χ0n) is 30.4. The number of esters is 1. The van der Waals surface area contributed by atoms with Gasteiger partial charge in [-0.1, -0.05) is 105 Å². The highest BCUT2D eigenvalue weighted by molar-refractivity contribution is 6.42. The molecule has 5 aromatic rings. The number of carbonyl (C=O) groups excluding carboxylic acids is 3. The first kappa shape index (κ1) is 41.2. The fourth-order valence-corrected chi connectivity index (χ4v) is 5.95. The van der Waals surface area contributed by atoms with E-state index in [1.54, 1.807) is 54.6 Å². The molecule has 0 saturated heterocycles. The van der Waals surface area contributed by atoms with E-state index in [0.29, 0.717) is 44.5 Å². The number of Topliss-reactive ketones (excluding diaryl/α,β-unsaturated/α-hetero) is 2. The number of nitrogens with one attached hydrogen (secondary N) is 1. The summed E-state index contributed by atoms with van der Waals surface area (Å²) >= 11 is 11.6. The maximum atomic E-state index is 11.8. The summed E-state index contributed by atoms with van der Waals surface area (Å²) in [5, 5.41) is 31.1. The molecular formula is C42H41Cl2N2O8+. The molecule has 1 aromatic heterocycles. The molecule has 4 aromatic carbocycles. The van der Waals surface area contributed by atoms with Crippen LogP contribution in [0.15, 0.2) is 84.9 Å². The van der Waals surface area contributed by atoms with E-state index in [4.69, 9.17) is 23.2 Å². The maximum Gasteiger partial charge on any atom is 0.414 e. The zero-order valence-corrected chi connectivity index (χ0v) is 32.0. The van der Waals surface area contributed by atoms with Crippen molar-refractivity contribution < 1.29 is 44.2 Å². The van der Waals surface area contributed by atoms with Gasteiger partial charge in [0.05, 0.1) is 11.2 Å². The largest absolute Gasteiger partial charge is 0.505 e. The van der Waals surface area contributed by atoms with Crippen molar-refractivity contribution in [2.75, 3.05) is 6.61 Å². The Hall–Kier alpha value is -5.58. The lowest BCUT2D eigenvalue weighted by atomic mass is 9.95. The van der Waals surface area contributed by atoms with E-state index < -0.39 is 11.9 Å². The van der Waals surface area contributed by atoms with Crippen molar-refractivity contribution in [3.8, 4) is 5.75 Å². The molecule has 0 amide bonds. The molecule has 0 spiro atoms. The van der Waals surface area contributed by atoms with Gasteiger partial charge in [0, 0.05) is 40.8 Å². The lowest BCUT2D eigenvalue weighted by molar-refractivity contribution is -0.360. The molecule has 2 heterocycles. The van der Waals surface area contributed by atoms with Crippen molar-refractivity contribution in [3.63, 3.8) is 0 Å². The monoisotopic (exact) mass is 771 g/mol. The first-order chi connectivity index (χ1) is 25.6. The number of benzene rings is 4. The Balaban J connectivity index is 0.000000193. The van der Waals surface area contributed by atoms with Crippen LogP contribution in [0.25, 0.3) is 10.9 Å². The second-order valence-corrected chi connectivity index (χ2v) is 14.0. The van der Waals surface area contributed by atoms with E-state index in [1.165, 1.54) is 6.92 Å².